The quantitative estimate of drug-likeness (QED) is 0.495. The van der Waals surface area contributed by atoms with Gasteiger partial charge in [0.2, 0.25) is 5.88 Å². The van der Waals surface area contributed by atoms with E-state index in [0.717, 1.165) is 35.2 Å². The first-order chi connectivity index (χ1) is 13.6. The third-order valence-corrected chi connectivity index (χ3v) is 4.98. The second kappa shape index (κ2) is 7.72. The Kier molecular flexibility index (Phi) is 4.98. The fraction of sp³-hybridized carbons (Fsp3) is 0.217. The molecular weight excluding hydrogens is 352 g/mol. The molecule has 0 atom stereocenters. The molecule has 1 aliphatic carbocycles. The van der Waals surface area contributed by atoms with E-state index in [1.165, 1.54) is 0 Å². The van der Waals surface area contributed by atoms with Gasteiger partial charge in [-0.3, -0.25) is 4.79 Å². The van der Waals surface area contributed by atoms with E-state index in [0.29, 0.717) is 5.88 Å². The molecule has 1 heterocycles. The van der Waals surface area contributed by atoms with Crippen LogP contribution >= 0.6 is 0 Å². The summed E-state index contributed by atoms with van der Waals surface area (Å²) in [6, 6.07) is 21.1. The van der Waals surface area contributed by atoms with Crippen molar-refractivity contribution in [2.45, 2.75) is 19.4 Å². The van der Waals surface area contributed by atoms with Gasteiger partial charge in [-0.15, -0.1) is 0 Å². The maximum Gasteiger partial charge on any atom is 0.315 e. The maximum absolute atomic E-state index is 12.5. The van der Waals surface area contributed by atoms with Crippen LogP contribution in [-0.4, -0.2) is 17.6 Å². The molecule has 0 unspecified atom stereocenters. The Labute approximate surface area is 164 Å². The fourth-order valence-corrected chi connectivity index (χ4v) is 2.96. The lowest BCUT2D eigenvalue weighted by molar-refractivity contribution is -0.152. The minimum atomic E-state index is -0.536. The molecular formula is C23H22N2O3. The van der Waals surface area contributed by atoms with Gasteiger partial charge in [0.05, 0.1) is 0 Å². The zero-order chi connectivity index (χ0) is 19.4. The number of esters is 1. The Morgan fingerprint density at radius 2 is 1.68 bits per heavy atom. The van der Waals surface area contributed by atoms with Crippen LogP contribution in [0.4, 0.5) is 5.69 Å². The highest BCUT2D eigenvalue weighted by molar-refractivity contribution is 5.80. The molecule has 0 spiro atoms. The number of nitrogens with two attached hydrogens (primary N) is 1. The predicted octanol–water partition coefficient (Wildman–Crippen LogP) is 4.23. The molecule has 0 aliphatic heterocycles. The number of aromatic nitrogens is 1. The average molecular weight is 374 g/mol. The molecule has 0 radical (unpaired) electrons. The van der Waals surface area contributed by atoms with E-state index in [2.05, 4.69) is 4.98 Å². The summed E-state index contributed by atoms with van der Waals surface area (Å²) in [6.07, 6.45) is 3.32. The van der Waals surface area contributed by atoms with E-state index < -0.39 is 5.41 Å². The van der Waals surface area contributed by atoms with Crippen molar-refractivity contribution in [1.82, 2.24) is 4.98 Å². The van der Waals surface area contributed by atoms with Crippen molar-refractivity contribution in [3.8, 4) is 17.0 Å². The Bertz CT molecular complexity index is 934. The van der Waals surface area contributed by atoms with E-state index >= 15 is 0 Å². The normalized spacial score (nSPS) is 14.3. The van der Waals surface area contributed by atoms with Crippen molar-refractivity contribution in [2.24, 2.45) is 5.41 Å². The largest absolute Gasteiger partial charge is 0.476 e. The number of nitrogen functional groups attached to an aromatic ring is 1. The summed E-state index contributed by atoms with van der Waals surface area (Å²) in [6.45, 7) is 0.574. The van der Waals surface area contributed by atoms with Crippen molar-refractivity contribution >= 4 is 11.7 Å². The number of pyridine rings is 1. The summed E-state index contributed by atoms with van der Waals surface area (Å²) in [7, 11) is 0. The van der Waals surface area contributed by atoms with Gasteiger partial charge < -0.3 is 15.2 Å². The highest BCUT2D eigenvalue weighted by atomic mass is 16.5. The van der Waals surface area contributed by atoms with Gasteiger partial charge >= 0.3 is 5.97 Å². The number of carbonyl (C=O) groups excluding carboxylic acids is 1. The Hall–Kier alpha value is -3.34. The Morgan fingerprint density at radius 1 is 0.964 bits per heavy atom. The standard InChI is InChI=1S/C23H22N2O3/c24-20-9-6-18(7-10-20)19-8-11-21(25-14-19)28-16-23(12-13-23)22(26)27-15-17-4-2-1-3-5-17/h1-11,14H,12-13,15-16,24H2. The minimum absolute atomic E-state index is 0.199. The molecule has 0 saturated heterocycles. The number of anilines is 1. The van der Waals surface area contributed by atoms with Gasteiger partial charge in [-0.1, -0.05) is 42.5 Å². The topological polar surface area (TPSA) is 74.4 Å². The van der Waals surface area contributed by atoms with Crippen LogP contribution in [0.5, 0.6) is 5.88 Å². The van der Waals surface area contributed by atoms with Crippen molar-refractivity contribution in [3.05, 3.63) is 78.5 Å². The van der Waals surface area contributed by atoms with Crippen LogP contribution in [0, 0.1) is 5.41 Å². The zero-order valence-corrected chi connectivity index (χ0v) is 15.5. The monoisotopic (exact) mass is 374 g/mol. The van der Waals surface area contributed by atoms with Gasteiger partial charge in [-0.2, -0.15) is 0 Å². The van der Waals surface area contributed by atoms with Crippen LogP contribution in [0.3, 0.4) is 0 Å². The molecule has 0 amide bonds. The summed E-state index contributed by atoms with van der Waals surface area (Å²) in [5, 5.41) is 0. The summed E-state index contributed by atoms with van der Waals surface area (Å²) in [5.74, 6) is 0.302. The van der Waals surface area contributed by atoms with Crippen LogP contribution in [0.15, 0.2) is 72.9 Å². The first kappa shape index (κ1) is 18.0. The van der Waals surface area contributed by atoms with E-state index in [1.807, 2.05) is 66.7 Å². The van der Waals surface area contributed by atoms with Gasteiger partial charge in [0.15, 0.2) is 0 Å². The third-order valence-electron chi connectivity index (χ3n) is 4.98. The second-order valence-electron chi connectivity index (χ2n) is 7.14. The van der Waals surface area contributed by atoms with Crippen LogP contribution in [-0.2, 0) is 16.1 Å². The van der Waals surface area contributed by atoms with E-state index in [-0.39, 0.29) is 19.2 Å². The molecule has 1 fully saturated rings. The average Bonchev–Trinajstić information content (AvgIpc) is 3.54. The minimum Gasteiger partial charge on any atom is -0.476 e. The lowest BCUT2D eigenvalue weighted by Crippen LogP contribution is -2.25. The number of rotatable bonds is 7. The molecule has 4 rings (SSSR count). The molecule has 2 N–H and O–H groups in total. The summed E-state index contributed by atoms with van der Waals surface area (Å²) in [4.78, 5) is 16.8. The predicted molar refractivity (Wildman–Crippen MR) is 107 cm³/mol. The van der Waals surface area contributed by atoms with Crippen LogP contribution in [0.25, 0.3) is 11.1 Å². The molecule has 142 valence electrons. The van der Waals surface area contributed by atoms with Crippen molar-refractivity contribution in [1.29, 1.82) is 0 Å². The second-order valence-corrected chi connectivity index (χ2v) is 7.14. The van der Waals surface area contributed by atoms with Crippen LogP contribution in [0.2, 0.25) is 0 Å². The van der Waals surface area contributed by atoms with E-state index in [4.69, 9.17) is 15.2 Å². The highest BCUT2D eigenvalue weighted by Crippen LogP contribution is 2.47. The van der Waals surface area contributed by atoms with Gasteiger partial charge in [-0.25, -0.2) is 4.98 Å². The number of nitrogens with zero attached hydrogens (tertiary/aromatic N) is 1. The molecule has 28 heavy (non-hydrogen) atoms. The molecule has 5 heteroatoms. The van der Waals surface area contributed by atoms with E-state index in [1.54, 1.807) is 6.20 Å². The lowest BCUT2D eigenvalue weighted by atomic mass is 10.1. The summed E-state index contributed by atoms with van der Waals surface area (Å²) in [5.41, 5.74) is 8.91. The maximum atomic E-state index is 12.5. The molecule has 3 aromatic rings. The number of carbonyl (C=O) groups is 1. The van der Waals surface area contributed by atoms with Crippen LogP contribution in [0.1, 0.15) is 18.4 Å². The molecule has 1 aliphatic rings. The first-order valence-electron chi connectivity index (χ1n) is 9.31. The number of benzene rings is 2. The Balaban J connectivity index is 1.32. The summed E-state index contributed by atoms with van der Waals surface area (Å²) < 4.78 is 11.3. The van der Waals surface area contributed by atoms with Crippen molar-refractivity contribution in [3.63, 3.8) is 0 Å². The molecule has 1 saturated carbocycles. The lowest BCUT2D eigenvalue weighted by Gasteiger charge is -2.15. The van der Waals surface area contributed by atoms with Gasteiger partial charge in [0.25, 0.3) is 0 Å². The molecule has 1 aromatic heterocycles. The smallest absolute Gasteiger partial charge is 0.315 e. The van der Waals surface area contributed by atoms with Crippen molar-refractivity contribution in [2.75, 3.05) is 12.3 Å². The molecule has 0 bridgehead atoms. The first-order valence-corrected chi connectivity index (χ1v) is 9.31. The van der Waals surface area contributed by atoms with Crippen LogP contribution < -0.4 is 10.5 Å². The van der Waals surface area contributed by atoms with Gasteiger partial charge in [0, 0.05) is 23.5 Å². The van der Waals surface area contributed by atoms with Gasteiger partial charge in [0.1, 0.15) is 18.6 Å². The summed E-state index contributed by atoms with van der Waals surface area (Å²) >= 11 is 0. The van der Waals surface area contributed by atoms with E-state index in [9.17, 15) is 4.79 Å². The number of ether oxygens (including phenoxy) is 2. The zero-order valence-electron chi connectivity index (χ0n) is 15.5. The number of hydrogen-bond acceptors (Lipinski definition) is 5. The molecule has 5 nitrogen and oxygen atoms in total. The molecule has 2 aromatic carbocycles. The van der Waals surface area contributed by atoms with Crippen molar-refractivity contribution < 1.29 is 14.3 Å². The van der Waals surface area contributed by atoms with Gasteiger partial charge in [-0.05, 0) is 42.2 Å². The SMILES string of the molecule is Nc1ccc(-c2ccc(OCC3(C(=O)OCc4ccccc4)CC3)nc2)cc1. The number of hydrogen-bond donors (Lipinski definition) is 1. The fourth-order valence-electron chi connectivity index (χ4n) is 2.96. The third kappa shape index (κ3) is 4.14. The Morgan fingerprint density at radius 3 is 2.32 bits per heavy atom. The highest BCUT2D eigenvalue weighted by Gasteiger charge is 2.52.